The summed E-state index contributed by atoms with van der Waals surface area (Å²) in [5.41, 5.74) is 1.10. The number of fused-ring (bicyclic) bond motifs is 1. The van der Waals surface area contributed by atoms with Gasteiger partial charge in [0.1, 0.15) is 0 Å². The number of methoxy groups -OCH3 is 1. The fraction of sp³-hybridized carbons (Fsp3) is 0.500. The van der Waals surface area contributed by atoms with Gasteiger partial charge in [-0.2, -0.15) is 0 Å². The smallest absolute Gasteiger partial charge is 0.317 e. The molecular weight excluding hydrogens is 258 g/mol. The monoisotopic (exact) mass is 277 g/mol. The van der Waals surface area contributed by atoms with Crippen LogP contribution < -0.4 is 10.1 Å². The van der Waals surface area contributed by atoms with Crippen molar-refractivity contribution in [3.8, 4) is 11.5 Å². The molecule has 6 nitrogen and oxygen atoms in total. The molecule has 1 aromatic carbocycles. The summed E-state index contributed by atoms with van der Waals surface area (Å²) in [7, 11) is 1.55. The van der Waals surface area contributed by atoms with Crippen molar-refractivity contribution in [2.45, 2.75) is 12.6 Å². The van der Waals surface area contributed by atoms with Crippen molar-refractivity contribution in [1.82, 2.24) is 15.1 Å². The molecule has 2 amide bonds. The van der Waals surface area contributed by atoms with Crippen molar-refractivity contribution in [2.24, 2.45) is 0 Å². The number of ether oxygens (including phenoxy) is 1. The fourth-order valence-corrected chi connectivity index (χ4v) is 2.89. The molecule has 3 rings (SSSR count). The number of nitrogens with one attached hydrogen (secondary N) is 1. The van der Waals surface area contributed by atoms with E-state index < -0.39 is 0 Å². The molecule has 20 heavy (non-hydrogen) atoms. The molecule has 2 aliphatic rings. The first-order chi connectivity index (χ1) is 9.67. The number of phenols is 1. The molecule has 0 aromatic heterocycles. The van der Waals surface area contributed by atoms with E-state index in [-0.39, 0.29) is 17.8 Å². The second-order valence-electron chi connectivity index (χ2n) is 5.27. The van der Waals surface area contributed by atoms with E-state index in [2.05, 4.69) is 10.2 Å². The summed E-state index contributed by atoms with van der Waals surface area (Å²) in [4.78, 5) is 15.8. The van der Waals surface area contributed by atoms with Crippen molar-refractivity contribution in [3.63, 3.8) is 0 Å². The summed E-state index contributed by atoms with van der Waals surface area (Å²) < 4.78 is 5.13. The molecule has 6 heteroatoms. The van der Waals surface area contributed by atoms with Crippen LogP contribution in [0.2, 0.25) is 0 Å². The van der Waals surface area contributed by atoms with Crippen molar-refractivity contribution in [1.29, 1.82) is 0 Å². The summed E-state index contributed by atoms with van der Waals surface area (Å²) in [6.45, 7) is 4.05. The van der Waals surface area contributed by atoms with Gasteiger partial charge in [0.25, 0.3) is 0 Å². The van der Waals surface area contributed by atoms with E-state index in [0.717, 1.165) is 38.3 Å². The minimum Gasteiger partial charge on any atom is -0.504 e. The molecule has 2 aliphatic heterocycles. The van der Waals surface area contributed by atoms with E-state index >= 15 is 0 Å². The van der Waals surface area contributed by atoms with Crippen LogP contribution in [-0.4, -0.2) is 60.3 Å². The minimum atomic E-state index is 0.0564. The first-order valence-electron chi connectivity index (χ1n) is 6.80. The number of rotatable bonds is 3. The molecular formula is C14H19N3O3. The standard InChI is InChI=1S/C14H19N3O3/c1-20-13-6-10(2-3-12(13)18)8-16-4-5-17-11(9-16)7-15-14(17)19/h2-3,6,11,18H,4-5,7-9H2,1H3,(H,15,19). The topological polar surface area (TPSA) is 65.0 Å². The van der Waals surface area contributed by atoms with E-state index in [1.54, 1.807) is 13.2 Å². The number of aromatic hydroxyl groups is 1. The van der Waals surface area contributed by atoms with Crippen LogP contribution in [0, 0.1) is 0 Å². The quantitative estimate of drug-likeness (QED) is 0.849. The summed E-state index contributed by atoms with van der Waals surface area (Å²) in [5.74, 6) is 0.658. The van der Waals surface area contributed by atoms with E-state index in [4.69, 9.17) is 4.74 Å². The predicted molar refractivity (Wildman–Crippen MR) is 73.8 cm³/mol. The Hall–Kier alpha value is -1.95. The number of nitrogens with zero attached hydrogens (tertiary/aromatic N) is 2. The molecule has 1 unspecified atom stereocenters. The van der Waals surface area contributed by atoms with Crippen LogP contribution in [0.3, 0.4) is 0 Å². The third-order valence-corrected chi connectivity index (χ3v) is 3.97. The van der Waals surface area contributed by atoms with Crippen molar-refractivity contribution in [3.05, 3.63) is 23.8 Å². The van der Waals surface area contributed by atoms with E-state index in [0.29, 0.717) is 5.75 Å². The van der Waals surface area contributed by atoms with Gasteiger partial charge in [0.15, 0.2) is 11.5 Å². The molecule has 0 aliphatic carbocycles. The molecule has 1 atom stereocenters. The number of urea groups is 1. The van der Waals surface area contributed by atoms with Gasteiger partial charge in [-0.1, -0.05) is 6.07 Å². The van der Waals surface area contributed by atoms with Crippen molar-refractivity contribution in [2.75, 3.05) is 33.3 Å². The zero-order valence-corrected chi connectivity index (χ0v) is 11.5. The lowest BCUT2D eigenvalue weighted by Gasteiger charge is -2.36. The molecule has 2 N–H and O–H groups in total. The van der Waals surface area contributed by atoms with Crippen LogP contribution >= 0.6 is 0 Å². The van der Waals surface area contributed by atoms with Gasteiger partial charge in [0.05, 0.1) is 13.2 Å². The Balaban J connectivity index is 1.65. The lowest BCUT2D eigenvalue weighted by atomic mass is 10.1. The molecule has 0 saturated carbocycles. The number of hydrogen-bond acceptors (Lipinski definition) is 4. The van der Waals surface area contributed by atoms with Crippen molar-refractivity contribution < 1.29 is 14.6 Å². The highest BCUT2D eigenvalue weighted by molar-refractivity contribution is 5.77. The van der Waals surface area contributed by atoms with Gasteiger partial charge in [-0.25, -0.2) is 4.79 Å². The first kappa shape index (κ1) is 13.1. The highest BCUT2D eigenvalue weighted by Crippen LogP contribution is 2.27. The highest BCUT2D eigenvalue weighted by atomic mass is 16.5. The van der Waals surface area contributed by atoms with Crippen LogP contribution in [0.25, 0.3) is 0 Å². The lowest BCUT2D eigenvalue weighted by Crippen LogP contribution is -2.51. The van der Waals surface area contributed by atoms with Gasteiger partial charge in [0, 0.05) is 32.7 Å². The largest absolute Gasteiger partial charge is 0.504 e. The second-order valence-corrected chi connectivity index (χ2v) is 5.27. The third kappa shape index (κ3) is 2.38. The molecule has 1 aromatic rings. The number of hydrogen-bond donors (Lipinski definition) is 2. The lowest BCUT2D eigenvalue weighted by molar-refractivity contribution is 0.116. The second kappa shape index (κ2) is 5.20. The Kier molecular flexibility index (Phi) is 3.40. The van der Waals surface area contributed by atoms with Crippen LogP contribution in [0.4, 0.5) is 4.79 Å². The zero-order valence-electron chi connectivity index (χ0n) is 11.5. The Bertz CT molecular complexity index is 520. The third-order valence-electron chi connectivity index (χ3n) is 3.97. The zero-order chi connectivity index (χ0) is 14.1. The van der Waals surface area contributed by atoms with Crippen LogP contribution in [0.1, 0.15) is 5.56 Å². The Labute approximate surface area is 117 Å². The van der Waals surface area contributed by atoms with Gasteiger partial charge in [-0.15, -0.1) is 0 Å². The van der Waals surface area contributed by atoms with Gasteiger partial charge in [0.2, 0.25) is 0 Å². The first-order valence-corrected chi connectivity index (χ1v) is 6.80. The van der Waals surface area contributed by atoms with Crippen LogP contribution in [0.15, 0.2) is 18.2 Å². The molecule has 2 fully saturated rings. The Morgan fingerprint density at radius 2 is 2.30 bits per heavy atom. The van der Waals surface area contributed by atoms with Crippen LogP contribution in [0.5, 0.6) is 11.5 Å². The molecule has 0 bridgehead atoms. The van der Waals surface area contributed by atoms with E-state index in [1.165, 1.54) is 0 Å². The number of phenolic OH excluding ortho intramolecular Hbond substituents is 1. The van der Waals surface area contributed by atoms with Gasteiger partial charge in [-0.05, 0) is 17.7 Å². The summed E-state index contributed by atoms with van der Waals surface area (Å²) >= 11 is 0. The van der Waals surface area contributed by atoms with Crippen molar-refractivity contribution >= 4 is 6.03 Å². The average Bonchev–Trinajstić information content (AvgIpc) is 2.82. The molecule has 0 radical (unpaired) electrons. The maximum atomic E-state index is 11.5. The minimum absolute atomic E-state index is 0.0564. The van der Waals surface area contributed by atoms with Gasteiger partial charge >= 0.3 is 6.03 Å². The maximum absolute atomic E-state index is 11.5. The maximum Gasteiger partial charge on any atom is 0.317 e. The number of carbonyl (C=O) groups excluding carboxylic acids is 1. The summed E-state index contributed by atoms with van der Waals surface area (Å²) in [6.07, 6.45) is 0. The van der Waals surface area contributed by atoms with Gasteiger partial charge < -0.3 is 20.1 Å². The molecule has 2 heterocycles. The summed E-state index contributed by atoms with van der Waals surface area (Å²) in [6, 6.07) is 5.75. The van der Waals surface area contributed by atoms with Crippen LogP contribution in [-0.2, 0) is 6.54 Å². The summed E-state index contributed by atoms with van der Waals surface area (Å²) in [5, 5.41) is 12.5. The number of carbonyl (C=O) groups is 1. The number of benzene rings is 1. The molecule has 0 spiro atoms. The van der Waals surface area contributed by atoms with Gasteiger partial charge in [-0.3, -0.25) is 4.90 Å². The normalized spacial score (nSPS) is 22.6. The predicted octanol–water partition coefficient (Wildman–Crippen LogP) is 0.610. The number of piperazine rings is 1. The molecule has 2 saturated heterocycles. The van der Waals surface area contributed by atoms with E-state index in [1.807, 2.05) is 17.0 Å². The Morgan fingerprint density at radius 3 is 3.10 bits per heavy atom. The average molecular weight is 277 g/mol. The Morgan fingerprint density at radius 1 is 1.45 bits per heavy atom. The SMILES string of the molecule is COc1cc(CN2CCN3C(=O)NCC3C2)ccc1O. The number of amides is 2. The van der Waals surface area contributed by atoms with E-state index in [9.17, 15) is 9.90 Å². The highest BCUT2D eigenvalue weighted by Gasteiger charge is 2.35. The fourth-order valence-electron chi connectivity index (χ4n) is 2.89. The molecule has 108 valence electrons.